The largest absolute Gasteiger partial charge is 0.493 e. The van der Waals surface area contributed by atoms with Crippen LogP contribution in [0.2, 0.25) is 0 Å². The van der Waals surface area contributed by atoms with Gasteiger partial charge >= 0.3 is 6.18 Å². The molecule has 0 unspecified atom stereocenters. The van der Waals surface area contributed by atoms with Gasteiger partial charge in [0.25, 0.3) is 5.91 Å². The molecular weight excluding hydrogens is 397 g/mol. The number of fused-ring (bicyclic) bond motifs is 1. The molecule has 6 nitrogen and oxygen atoms in total. The van der Waals surface area contributed by atoms with Gasteiger partial charge in [0, 0.05) is 36.8 Å². The van der Waals surface area contributed by atoms with E-state index in [1.54, 1.807) is 25.4 Å². The van der Waals surface area contributed by atoms with Crippen molar-refractivity contribution in [3.8, 4) is 5.75 Å². The molecule has 0 saturated heterocycles. The molecular formula is C21H21F3N4O2. The lowest BCUT2D eigenvalue weighted by Crippen LogP contribution is -2.21. The fraction of sp³-hybridized carbons (Fsp3) is 0.190. The molecule has 2 aromatic carbocycles. The van der Waals surface area contributed by atoms with Gasteiger partial charge in [-0.25, -0.2) is 0 Å². The van der Waals surface area contributed by atoms with Crippen LogP contribution in [-0.2, 0) is 17.4 Å². The number of halogens is 3. The fourth-order valence-electron chi connectivity index (χ4n) is 2.86. The summed E-state index contributed by atoms with van der Waals surface area (Å²) >= 11 is 0. The predicted octanol–water partition coefficient (Wildman–Crippen LogP) is 3.77. The number of hydrogen-bond acceptors (Lipinski definition) is 4. The van der Waals surface area contributed by atoms with Crippen molar-refractivity contribution in [1.29, 1.82) is 0 Å². The van der Waals surface area contributed by atoms with Crippen LogP contribution in [-0.4, -0.2) is 24.5 Å². The smallest absolute Gasteiger partial charge is 0.416 e. The zero-order valence-corrected chi connectivity index (χ0v) is 16.1. The van der Waals surface area contributed by atoms with Crippen LogP contribution in [0, 0.1) is 0 Å². The van der Waals surface area contributed by atoms with Crippen molar-refractivity contribution in [2.24, 2.45) is 5.73 Å². The van der Waals surface area contributed by atoms with Gasteiger partial charge in [-0.15, -0.1) is 0 Å². The van der Waals surface area contributed by atoms with E-state index in [1.807, 2.05) is 6.07 Å². The number of carbonyl (C=O) groups is 1. The van der Waals surface area contributed by atoms with Crippen molar-refractivity contribution in [2.75, 3.05) is 19.0 Å². The molecule has 9 heteroatoms. The number of nitrogens with one attached hydrogen (secondary N) is 3. The number of rotatable bonds is 7. The molecule has 3 rings (SSSR count). The SMILES string of the molecule is CN/C=C(\N)C(=O)Nc1c[nH]c2ccc(OCCc3ccc(C(F)(F)F)cc3)cc12. The number of anilines is 1. The molecule has 0 aliphatic heterocycles. The van der Waals surface area contributed by atoms with Gasteiger partial charge in [0.1, 0.15) is 11.4 Å². The van der Waals surface area contributed by atoms with Gasteiger partial charge in [0.2, 0.25) is 0 Å². The Balaban J connectivity index is 1.64. The van der Waals surface area contributed by atoms with Crippen molar-refractivity contribution in [3.63, 3.8) is 0 Å². The lowest BCUT2D eigenvalue weighted by Gasteiger charge is -2.09. The molecule has 158 valence electrons. The highest BCUT2D eigenvalue weighted by molar-refractivity contribution is 6.08. The van der Waals surface area contributed by atoms with Crippen LogP contribution >= 0.6 is 0 Å². The molecule has 1 heterocycles. The Bertz CT molecular complexity index is 1060. The van der Waals surface area contributed by atoms with Crippen LogP contribution in [0.25, 0.3) is 10.9 Å². The number of alkyl halides is 3. The number of nitrogens with two attached hydrogens (primary N) is 1. The number of aromatic nitrogens is 1. The highest BCUT2D eigenvalue weighted by Crippen LogP contribution is 2.29. The van der Waals surface area contributed by atoms with E-state index >= 15 is 0 Å². The van der Waals surface area contributed by atoms with Crippen LogP contribution in [0.4, 0.5) is 18.9 Å². The zero-order valence-electron chi connectivity index (χ0n) is 16.1. The maximum atomic E-state index is 12.6. The number of carbonyl (C=O) groups excluding carboxylic acids is 1. The van der Waals surface area contributed by atoms with Crippen LogP contribution in [0.15, 0.2) is 60.6 Å². The zero-order chi connectivity index (χ0) is 21.7. The first kappa shape index (κ1) is 21.1. The van der Waals surface area contributed by atoms with E-state index in [-0.39, 0.29) is 5.70 Å². The molecule has 0 fully saturated rings. The van der Waals surface area contributed by atoms with Gasteiger partial charge < -0.3 is 26.1 Å². The lowest BCUT2D eigenvalue weighted by molar-refractivity contribution is -0.137. The molecule has 3 aromatic rings. The van der Waals surface area contributed by atoms with Crippen molar-refractivity contribution < 1.29 is 22.7 Å². The Kier molecular flexibility index (Phi) is 6.20. The van der Waals surface area contributed by atoms with Gasteiger partial charge in [0.05, 0.1) is 17.9 Å². The van der Waals surface area contributed by atoms with E-state index in [0.717, 1.165) is 28.6 Å². The van der Waals surface area contributed by atoms with Crippen molar-refractivity contribution >= 4 is 22.5 Å². The Hall–Kier alpha value is -3.62. The molecule has 0 radical (unpaired) electrons. The average molecular weight is 418 g/mol. The fourth-order valence-corrected chi connectivity index (χ4v) is 2.86. The first-order valence-corrected chi connectivity index (χ1v) is 9.12. The molecule has 0 bridgehead atoms. The Labute approximate surface area is 170 Å². The molecule has 0 atom stereocenters. The second kappa shape index (κ2) is 8.81. The number of aromatic amines is 1. The summed E-state index contributed by atoms with van der Waals surface area (Å²) < 4.78 is 43.6. The molecule has 0 aliphatic carbocycles. The highest BCUT2D eigenvalue weighted by Gasteiger charge is 2.29. The van der Waals surface area contributed by atoms with E-state index in [4.69, 9.17) is 10.5 Å². The van der Waals surface area contributed by atoms with Crippen LogP contribution in [0.5, 0.6) is 5.75 Å². The van der Waals surface area contributed by atoms with E-state index in [0.29, 0.717) is 24.5 Å². The summed E-state index contributed by atoms with van der Waals surface area (Å²) in [6.07, 6.45) is -0.846. The third kappa shape index (κ3) is 5.05. The van der Waals surface area contributed by atoms with Crippen molar-refractivity contribution in [1.82, 2.24) is 10.3 Å². The summed E-state index contributed by atoms with van der Waals surface area (Å²) in [6, 6.07) is 10.4. The third-order valence-electron chi connectivity index (χ3n) is 4.40. The van der Waals surface area contributed by atoms with Gasteiger partial charge in [-0.05, 0) is 35.9 Å². The van der Waals surface area contributed by atoms with Gasteiger partial charge in [0.15, 0.2) is 0 Å². The molecule has 1 aromatic heterocycles. The standard InChI is InChI=1S/C21H21F3N4O2/c1-26-11-17(25)20(29)28-19-12-27-18-7-6-15(10-16(18)19)30-9-8-13-2-4-14(5-3-13)21(22,23)24/h2-7,10-12,26-27H,8-9,25H2,1H3,(H,28,29)/b17-11-. The average Bonchev–Trinajstić information content (AvgIpc) is 3.10. The minimum absolute atomic E-state index is 0.0378. The monoisotopic (exact) mass is 418 g/mol. The molecule has 1 amide bonds. The lowest BCUT2D eigenvalue weighted by atomic mass is 10.1. The number of amides is 1. The molecule has 30 heavy (non-hydrogen) atoms. The Morgan fingerprint density at radius 1 is 1.20 bits per heavy atom. The van der Waals surface area contributed by atoms with Crippen molar-refractivity contribution in [2.45, 2.75) is 12.6 Å². The first-order chi connectivity index (χ1) is 14.3. The summed E-state index contributed by atoms with van der Waals surface area (Å²) in [5, 5.41) is 6.16. The van der Waals surface area contributed by atoms with Gasteiger partial charge in [-0.1, -0.05) is 12.1 Å². The third-order valence-corrected chi connectivity index (χ3v) is 4.40. The highest BCUT2D eigenvalue weighted by atomic mass is 19.4. The second-order valence-electron chi connectivity index (χ2n) is 6.55. The van der Waals surface area contributed by atoms with Crippen LogP contribution < -0.4 is 21.1 Å². The molecule has 0 spiro atoms. The second-order valence-corrected chi connectivity index (χ2v) is 6.55. The topological polar surface area (TPSA) is 92.2 Å². The maximum absolute atomic E-state index is 12.6. The van der Waals surface area contributed by atoms with Gasteiger partial charge in [-0.3, -0.25) is 4.79 Å². The Morgan fingerprint density at radius 2 is 1.93 bits per heavy atom. The van der Waals surface area contributed by atoms with Crippen LogP contribution in [0.3, 0.4) is 0 Å². The normalized spacial score (nSPS) is 12.1. The summed E-state index contributed by atoms with van der Waals surface area (Å²) in [5.74, 6) is 0.127. The predicted molar refractivity (Wildman–Crippen MR) is 109 cm³/mol. The van der Waals surface area contributed by atoms with E-state index in [9.17, 15) is 18.0 Å². The molecule has 0 aliphatic rings. The van der Waals surface area contributed by atoms with E-state index in [2.05, 4.69) is 15.6 Å². The summed E-state index contributed by atoms with van der Waals surface area (Å²) in [6.45, 7) is 0.293. The van der Waals surface area contributed by atoms with Crippen LogP contribution in [0.1, 0.15) is 11.1 Å². The first-order valence-electron chi connectivity index (χ1n) is 9.12. The van der Waals surface area contributed by atoms with E-state index < -0.39 is 17.6 Å². The number of ether oxygens (including phenoxy) is 1. The molecule has 5 N–H and O–H groups in total. The van der Waals surface area contributed by atoms with Gasteiger partial charge in [-0.2, -0.15) is 13.2 Å². The number of benzene rings is 2. The van der Waals surface area contributed by atoms with E-state index in [1.165, 1.54) is 18.3 Å². The summed E-state index contributed by atoms with van der Waals surface area (Å²) in [4.78, 5) is 15.1. The minimum atomic E-state index is -4.35. The quantitative estimate of drug-likeness (QED) is 0.440. The number of H-pyrrole nitrogens is 1. The summed E-state index contributed by atoms with van der Waals surface area (Å²) in [7, 11) is 1.64. The summed E-state index contributed by atoms with van der Waals surface area (Å²) in [5.41, 5.74) is 7.12. The number of hydrogen-bond donors (Lipinski definition) is 4. The minimum Gasteiger partial charge on any atom is -0.493 e. The maximum Gasteiger partial charge on any atom is 0.416 e. The van der Waals surface area contributed by atoms with Crippen molar-refractivity contribution in [3.05, 3.63) is 71.7 Å². The Morgan fingerprint density at radius 3 is 2.60 bits per heavy atom. The molecule has 0 saturated carbocycles.